The molecule has 0 N–H and O–H groups in total. The molecule has 0 unspecified atom stereocenters. The summed E-state index contributed by atoms with van der Waals surface area (Å²) in [6.07, 6.45) is 0.902. The maximum absolute atomic E-state index is 12.6. The van der Waals surface area contributed by atoms with Crippen molar-refractivity contribution in [2.24, 2.45) is 5.92 Å². The minimum atomic E-state index is -3.66. The first-order valence-electron chi connectivity index (χ1n) is 6.97. The van der Waals surface area contributed by atoms with Crippen LogP contribution >= 0.6 is 23.2 Å². The number of benzene rings is 1. The van der Waals surface area contributed by atoms with E-state index in [2.05, 4.69) is 0 Å². The molecule has 8 heteroatoms. The maximum Gasteiger partial charge on any atom is 0.309 e. The van der Waals surface area contributed by atoms with Crippen molar-refractivity contribution in [1.82, 2.24) is 4.31 Å². The van der Waals surface area contributed by atoms with Gasteiger partial charge in [-0.2, -0.15) is 4.31 Å². The van der Waals surface area contributed by atoms with E-state index in [1.807, 2.05) is 0 Å². The van der Waals surface area contributed by atoms with E-state index >= 15 is 0 Å². The van der Waals surface area contributed by atoms with Crippen LogP contribution in [0.1, 0.15) is 19.8 Å². The molecule has 0 aliphatic carbocycles. The van der Waals surface area contributed by atoms with Crippen LogP contribution in [0.3, 0.4) is 0 Å². The van der Waals surface area contributed by atoms with Crippen molar-refractivity contribution in [3.05, 3.63) is 28.2 Å². The Morgan fingerprint density at radius 2 is 1.77 bits per heavy atom. The van der Waals surface area contributed by atoms with E-state index in [0.29, 0.717) is 19.4 Å². The topological polar surface area (TPSA) is 63.7 Å². The van der Waals surface area contributed by atoms with E-state index in [4.69, 9.17) is 27.9 Å². The normalized spacial score (nSPS) is 17.4. The second kappa shape index (κ2) is 7.17. The molecule has 0 atom stereocenters. The Balaban J connectivity index is 2.11. The first-order valence-corrected chi connectivity index (χ1v) is 9.17. The van der Waals surface area contributed by atoms with Crippen molar-refractivity contribution < 1.29 is 17.9 Å². The SMILES string of the molecule is CCOC(=O)C1CCN(S(=O)(=O)c2cc(Cl)cc(Cl)c2)CC1. The van der Waals surface area contributed by atoms with E-state index in [1.54, 1.807) is 6.92 Å². The highest BCUT2D eigenvalue weighted by atomic mass is 35.5. The van der Waals surface area contributed by atoms with E-state index in [-0.39, 0.29) is 39.9 Å². The number of rotatable bonds is 4. The van der Waals surface area contributed by atoms with Gasteiger partial charge in [0.1, 0.15) is 0 Å². The fourth-order valence-corrected chi connectivity index (χ4v) is 4.62. The number of halogens is 2. The number of esters is 1. The number of hydrogen-bond donors (Lipinski definition) is 0. The van der Waals surface area contributed by atoms with Crippen LogP contribution in [0.25, 0.3) is 0 Å². The number of sulfonamides is 1. The third-order valence-corrected chi connectivity index (χ3v) is 5.86. The molecule has 1 aliphatic rings. The predicted octanol–water partition coefficient (Wildman–Crippen LogP) is 2.96. The minimum Gasteiger partial charge on any atom is -0.466 e. The lowest BCUT2D eigenvalue weighted by atomic mass is 9.98. The van der Waals surface area contributed by atoms with E-state index in [1.165, 1.54) is 22.5 Å². The van der Waals surface area contributed by atoms with Gasteiger partial charge in [0.25, 0.3) is 0 Å². The summed E-state index contributed by atoms with van der Waals surface area (Å²) in [7, 11) is -3.66. The van der Waals surface area contributed by atoms with E-state index in [9.17, 15) is 13.2 Å². The second-order valence-corrected chi connectivity index (χ2v) is 7.85. The predicted molar refractivity (Wildman–Crippen MR) is 84.6 cm³/mol. The van der Waals surface area contributed by atoms with Crippen LogP contribution in [-0.4, -0.2) is 38.4 Å². The van der Waals surface area contributed by atoms with Crippen molar-refractivity contribution in [3.8, 4) is 0 Å². The summed E-state index contributed by atoms with van der Waals surface area (Å²) in [5.74, 6) is -0.500. The quantitative estimate of drug-likeness (QED) is 0.769. The summed E-state index contributed by atoms with van der Waals surface area (Å²) in [6, 6.07) is 4.23. The third-order valence-electron chi connectivity index (χ3n) is 3.55. The molecule has 122 valence electrons. The largest absolute Gasteiger partial charge is 0.466 e. The Hall–Kier alpha value is -0.820. The Labute approximate surface area is 140 Å². The molecule has 0 aromatic heterocycles. The van der Waals surface area contributed by atoms with Crippen LogP contribution in [-0.2, 0) is 19.6 Å². The summed E-state index contributed by atoms with van der Waals surface area (Å²) in [5, 5.41) is 0.542. The lowest BCUT2D eigenvalue weighted by Crippen LogP contribution is -2.40. The molecule has 1 aromatic carbocycles. The summed E-state index contributed by atoms with van der Waals surface area (Å²) in [4.78, 5) is 11.8. The fraction of sp³-hybridized carbons (Fsp3) is 0.500. The first kappa shape index (κ1) is 17.5. The highest BCUT2D eigenvalue weighted by Crippen LogP contribution is 2.28. The zero-order valence-electron chi connectivity index (χ0n) is 12.1. The van der Waals surface area contributed by atoms with Crippen LogP contribution in [0.4, 0.5) is 0 Å². The lowest BCUT2D eigenvalue weighted by molar-refractivity contribution is -0.149. The lowest BCUT2D eigenvalue weighted by Gasteiger charge is -2.30. The zero-order chi connectivity index (χ0) is 16.3. The van der Waals surface area contributed by atoms with Crippen LogP contribution in [0, 0.1) is 5.92 Å². The summed E-state index contributed by atoms with van der Waals surface area (Å²) in [5.41, 5.74) is 0. The number of carbonyl (C=O) groups is 1. The van der Waals surface area contributed by atoms with E-state index < -0.39 is 10.0 Å². The van der Waals surface area contributed by atoms with Gasteiger partial charge in [-0.15, -0.1) is 0 Å². The minimum absolute atomic E-state index is 0.0691. The fourth-order valence-electron chi connectivity index (χ4n) is 2.42. The number of ether oxygens (including phenoxy) is 1. The smallest absolute Gasteiger partial charge is 0.309 e. The van der Waals surface area contributed by atoms with Crippen molar-refractivity contribution >= 4 is 39.2 Å². The molecular formula is C14H17Cl2NO4S. The van der Waals surface area contributed by atoms with Gasteiger partial charge >= 0.3 is 5.97 Å². The molecule has 22 heavy (non-hydrogen) atoms. The average molecular weight is 366 g/mol. The van der Waals surface area contributed by atoms with Gasteiger partial charge in [0.05, 0.1) is 17.4 Å². The molecule has 0 amide bonds. The Morgan fingerprint density at radius 1 is 1.23 bits per heavy atom. The molecule has 1 heterocycles. The summed E-state index contributed by atoms with van der Waals surface area (Å²) < 4.78 is 31.5. The highest BCUT2D eigenvalue weighted by Gasteiger charge is 2.32. The van der Waals surface area contributed by atoms with Crippen molar-refractivity contribution in [3.63, 3.8) is 0 Å². The number of piperidine rings is 1. The van der Waals surface area contributed by atoms with Gasteiger partial charge < -0.3 is 4.74 Å². The molecule has 0 spiro atoms. The molecule has 1 aromatic rings. The monoisotopic (exact) mass is 365 g/mol. The molecule has 1 saturated heterocycles. The zero-order valence-corrected chi connectivity index (χ0v) is 14.4. The highest BCUT2D eigenvalue weighted by molar-refractivity contribution is 7.89. The van der Waals surface area contributed by atoms with Crippen LogP contribution in [0.2, 0.25) is 10.0 Å². The van der Waals surface area contributed by atoms with Gasteiger partial charge in [-0.1, -0.05) is 23.2 Å². The second-order valence-electron chi connectivity index (χ2n) is 5.04. The number of hydrogen-bond acceptors (Lipinski definition) is 4. The molecular weight excluding hydrogens is 349 g/mol. The van der Waals surface area contributed by atoms with Gasteiger partial charge in [-0.25, -0.2) is 8.42 Å². The first-order chi connectivity index (χ1) is 10.3. The standard InChI is InChI=1S/C14H17Cl2NO4S/c1-2-21-14(18)10-3-5-17(6-4-10)22(19,20)13-8-11(15)7-12(16)9-13/h7-10H,2-6H2,1H3. The summed E-state index contributed by atoms with van der Waals surface area (Å²) in [6.45, 7) is 2.63. The average Bonchev–Trinajstić information content (AvgIpc) is 2.46. The van der Waals surface area contributed by atoms with Gasteiger partial charge in [0.2, 0.25) is 10.0 Å². The maximum atomic E-state index is 12.6. The molecule has 0 saturated carbocycles. The van der Waals surface area contributed by atoms with Crippen molar-refractivity contribution in [2.45, 2.75) is 24.7 Å². The van der Waals surface area contributed by atoms with Crippen molar-refractivity contribution in [1.29, 1.82) is 0 Å². The van der Waals surface area contributed by atoms with Gasteiger partial charge in [0.15, 0.2) is 0 Å². The van der Waals surface area contributed by atoms with Crippen LogP contribution < -0.4 is 0 Å². The molecule has 2 rings (SSSR count). The molecule has 1 aliphatic heterocycles. The van der Waals surface area contributed by atoms with Crippen molar-refractivity contribution in [2.75, 3.05) is 19.7 Å². The number of nitrogens with zero attached hydrogens (tertiary/aromatic N) is 1. The molecule has 5 nitrogen and oxygen atoms in total. The Kier molecular flexibility index (Phi) is 5.71. The Bertz CT molecular complexity index is 635. The van der Waals surface area contributed by atoms with E-state index in [0.717, 1.165) is 0 Å². The third kappa shape index (κ3) is 3.93. The number of carbonyl (C=O) groups excluding carboxylic acids is 1. The molecule has 1 fully saturated rings. The van der Waals surface area contributed by atoms with Gasteiger partial charge in [-0.05, 0) is 38.0 Å². The molecule has 0 bridgehead atoms. The van der Waals surface area contributed by atoms with Crippen LogP contribution in [0.15, 0.2) is 23.1 Å². The molecule has 0 radical (unpaired) electrons. The van der Waals surface area contributed by atoms with Crippen LogP contribution in [0.5, 0.6) is 0 Å². The summed E-state index contributed by atoms with van der Waals surface area (Å²) >= 11 is 11.7. The Morgan fingerprint density at radius 3 is 2.27 bits per heavy atom. The van der Waals surface area contributed by atoms with Gasteiger partial charge in [-0.3, -0.25) is 4.79 Å². The van der Waals surface area contributed by atoms with Gasteiger partial charge in [0, 0.05) is 23.1 Å².